The van der Waals surface area contributed by atoms with E-state index in [1.807, 2.05) is 6.92 Å². The van der Waals surface area contributed by atoms with Crippen LogP contribution in [-0.2, 0) is 0 Å². The van der Waals surface area contributed by atoms with Gasteiger partial charge in [-0.25, -0.2) is 0 Å². The first-order valence-corrected chi connectivity index (χ1v) is 7.47. The number of hydrogen-bond donors (Lipinski definition) is 0. The van der Waals surface area contributed by atoms with Gasteiger partial charge < -0.3 is 4.90 Å². The van der Waals surface area contributed by atoms with Crippen LogP contribution in [0.2, 0.25) is 0 Å². The van der Waals surface area contributed by atoms with Crippen LogP contribution < -0.4 is 0 Å². The minimum Gasteiger partial charge on any atom is -0.329 e. The second-order valence-electron chi connectivity index (χ2n) is 4.26. The van der Waals surface area contributed by atoms with Crippen LogP contribution in [0.1, 0.15) is 35.0 Å². The molecular weight excluding hydrogens is 343 g/mol. The number of amides is 1. The van der Waals surface area contributed by atoms with Gasteiger partial charge in [-0.1, -0.05) is 13.3 Å². The Morgan fingerprint density at radius 2 is 2.11 bits per heavy atom. The van der Waals surface area contributed by atoms with Gasteiger partial charge in [0.05, 0.1) is 8.66 Å². The third kappa shape index (κ3) is 5.14. The minimum atomic E-state index is -4.37. The summed E-state index contributed by atoms with van der Waals surface area (Å²) < 4.78 is 38.3. The molecule has 0 bridgehead atoms. The maximum atomic E-state index is 12.5. The van der Waals surface area contributed by atoms with Crippen molar-refractivity contribution in [2.75, 3.05) is 13.1 Å². The third-order valence-corrected chi connectivity index (χ3v) is 4.63. The number of hydrogen-bond acceptors (Lipinski definition) is 2. The van der Waals surface area contributed by atoms with E-state index in [0.717, 1.165) is 20.7 Å². The molecule has 0 N–H and O–H groups in total. The first-order chi connectivity index (χ1) is 8.74. The summed E-state index contributed by atoms with van der Waals surface area (Å²) in [4.78, 5) is 13.3. The largest absolute Gasteiger partial charge is 0.406 e. The van der Waals surface area contributed by atoms with E-state index in [-0.39, 0.29) is 6.54 Å². The zero-order valence-corrected chi connectivity index (χ0v) is 13.1. The molecule has 1 rings (SSSR count). The number of aryl methyl sites for hydroxylation is 1. The van der Waals surface area contributed by atoms with Gasteiger partial charge in [0.2, 0.25) is 0 Å². The number of nitrogens with zero attached hydrogens (tertiary/aromatic N) is 1. The van der Waals surface area contributed by atoms with E-state index in [9.17, 15) is 18.0 Å². The normalized spacial score (nSPS) is 11.7. The summed E-state index contributed by atoms with van der Waals surface area (Å²) in [6.45, 7) is 2.61. The van der Waals surface area contributed by atoms with E-state index in [2.05, 4.69) is 15.9 Å². The third-order valence-electron chi connectivity index (χ3n) is 2.51. The maximum Gasteiger partial charge on any atom is 0.406 e. The van der Waals surface area contributed by atoms with Crippen LogP contribution in [0.25, 0.3) is 0 Å². The standard InChI is InChI=1S/C12H15BrF3NOS/c1-3-4-5-17(7-12(14,15)16)11(18)9-6-8(2)10(13)19-9/h6H,3-5,7H2,1-2H3. The number of halogens is 4. The van der Waals surface area contributed by atoms with Crippen LogP contribution in [0.15, 0.2) is 9.85 Å². The predicted octanol–water partition coefficient (Wildman–Crippen LogP) is 4.62. The summed E-state index contributed by atoms with van der Waals surface area (Å²) in [6, 6.07) is 1.62. The van der Waals surface area contributed by atoms with Gasteiger partial charge >= 0.3 is 6.18 Å². The Morgan fingerprint density at radius 1 is 1.47 bits per heavy atom. The molecule has 108 valence electrons. The van der Waals surface area contributed by atoms with Crippen molar-refractivity contribution in [3.63, 3.8) is 0 Å². The highest BCUT2D eigenvalue weighted by molar-refractivity contribution is 9.11. The molecule has 0 aliphatic heterocycles. The van der Waals surface area contributed by atoms with Gasteiger partial charge in [0, 0.05) is 6.54 Å². The minimum absolute atomic E-state index is 0.128. The van der Waals surface area contributed by atoms with Crippen molar-refractivity contribution in [1.29, 1.82) is 0 Å². The molecule has 1 aromatic rings. The predicted molar refractivity (Wildman–Crippen MR) is 73.6 cm³/mol. The molecule has 19 heavy (non-hydrogen) atoms. The number of unbranched alkanes of at least 4 members (excludes halogenated alkanes) is 1. The molecule has 1 aromatic heterocycles. The lowest BCUT2D eigenvalue weighted by molar-refractivity contribution is -0.140. The van der Waals surface area contributed by atoms with Gasteiger partial charge in [0.15, 0.2) is 0 Å². The van der Waals surface area contributed by atoms with Crippen molar-refractivity contribution in [3.05, 3.63) is 20.3 Å². The number of thiophene rings is 1. The highest BCUT2D eigenvalue weighted by atomic mass is 79.9. The SMILES string of the molecule is CCCCN(CC(F)(F)F)C(=O)c1cc(C)c(Br)s1. The zero-order chi connectivity index (χ0) is 14.6. The summed E-state index contributed by atoms with van der Waals surface area (Å²) in [5.74, 6) is -0.551. The molecule has 1 amide bonds. The van der Waals surface area contributed by atoms with E-state index in [1.54, 1.807) is 13.0 Å². The van der Waals surface area contributed by atoms with Crippen molar-refractivity contribution in [3.8, 4) is 0 Å². The van der Waals surface area contributed by atoms with Crippen LogP contribution in [0.5, 0.6) is 0 Å². The Hall–Kier alpha value is -0.560. The van der Waals surface area contributed by atoms with Gasteiger partial charge in [-0.2, -0.15) is 13.2 Å². The molecular formula is C12H15BrF3NOS. The van der Waals surface area contributed by atoms with Crippen molar-refractivity contribution in [2.45, 2.75) is 32.9 Å². The topological polar surface area (TPSA) is 20.3 Å². The van der Waals surface area contributed by atoms with E-state index in [0.29, 0.717) is 11.3 Å². The molecule has 0 fully saturated rings. The molecule has 0 atom stereocenters. The second-order valence-corrected chi connectivity index (χ2v) is 6.63. The summed E-state index contributed by atoms with van der Waals surface area (Å²) in [6.07, 6.45) is -3.06. The Kier molecular flexibility index (Phi) is 5.85. The van der Waals surface area contributed by atoms with Crippen LogP contribution >= 0.6 is 27.3 Å². The Labute approximate surface area is 122 Å². The maximum absolute atomic E-state index is 12.5. The van der Waals surface area contributed by atoms with E-state index < -0.39 is 18.6 Å². The molecule has 0 saturated carbocycles. The smallest absolute Gasteiger partial charge is 0.329 e. The van der Waals surface area contributed by atoms with E-state index >= 15 is 0 Å². The molecule has 0 aromatic carbocycles. The Morgan fingerprint density at radius 3 is 2.53 bits per heavy atom. The van der Waals surface area contributed by atoms with Crippen LogP contribution in [0.4, 0.5) is 13.2 Å². The number of carbonyl (C=O) groups is 1. The highest BCUT2D eigenvalue weighted by Crippen LogP contribution is 2.29. The number of carbonyl (C=O) groups excluding carboxylic acids is 1. The summed E-state index contributed by atoms with van der Waals surface area (Å²) >= 11 is 4.44. The lowest BCUT2D eigenvalue weighted by atomic mass is 10.2. The average molecular weight is 358 g/mol. The molecule has 0 aliphatic carbocycles. The Bertz CT molecular complexity index is 425. The van der Waals surface area contributed by atoms with Crippen LogP contribution in [0, 0.1) is 6.92 Å². The molecule has 7 heteroatoms. The molecule has 2 nitrogen and oxygen atoms in total. The fourth-order valence-electron chi connectivity index (χ4n) is 1.54. The molecule has 0 radical (unpaired) electrons. The number of rotatable bonds is 5. The molecule has 0 aliphatic rings. The van der Waals surface area contributed by atoms with E-state index in [4.69, 9.17) is 0 Å². The summed E-state index contributed by atoms with van der Waals surface area (Å²) in [5, 5.41) is 0. The second kappa shape index (κ2) is 6.74. The lowest BCUT2D eigenvalue weighted by Gasteiger charge is -2.23. The molecule has 0 spiro atoms. The fourth-order valence-corrected chi connectivity index (χ4v) is 3.04. The van der Waals surface area contributed by atoms with Gasteiger partial charge in [-0.05, 0) is 40.9 Å². The van der Waals surface area contributed by atoms with Crippen molar-refractivity contribution in [1.82, 2.24) is 4.90 Å². The van der Waals surface area contributed by atoms with Crippen molar-refractivity contribution >= 4 is 33.2 Å². The van der Waals surface area contributed by atoms with Gasteiger partial charge in [-0.3, -0.25) is 4.79 Å². The van der Waals surface area contributed by atoms with Crippen molar-refractivity contribution in [2.24, 2.45) is 0 Å². The first-order valence-electron chi connectivity index (χ1n) is 5.86. The summed E-state index contributed by atoms with van der Waals surface area (Å²) in [5.41, 5.74) is 0.857. The van der Waals surface area contributed by atoms with Gasteiger partial charge in [-0.15, -0.1) is 11.3 Å². The number of alkyl halides is 3. The molecule has 0 unspecified atom stereocenters. The highest BCUT2D eigenvalue weighted by Gasteiger charge is 2.33. The monoisotopic (exact) mass is 357 g/mol. The first kappa shape index (κ1) is 16.5. The van der Waals surface area contributed by atoms with Crippen LogP contribution in [0.3, 0.4) is 0 Å². The quantitative estimate of drug-likeness (QED) is 0.752. The lowest BCUT2D eigenvalue weighted by Crippen LogP contribution is -2.39. The summed E-state index contributed by atoms with van der Waals surface area (Å²) in [7, 11) is 0. The van der Waals surface area contributed by atoms with Gasteiger partial charge in [0.25, 0.3) is 5.91 Å². The molecule has 1 heterocycles. The van der Waals surface area contributed by atoms with Crippen LogP contribution in [-0.4, -0.2) is 30.1 Å². The Balaban J connectivity index is 2.87. The fraction of sp³-hybridized carbons (Fsp3) is 0.583. The zero-order valence-electron chi connectivity index (χ0n) is 10.7. The van der Waals surface area contributed by atoms with E-state index in [1.165, 1.54) is 11.3 Å². The molecule has 0 saturated heterocycles. The average Bonchev–Trinajstić information content (AvgIpc) is 2.62. The van der Waals surface area contributed by atoms with Gasteiger partial charge in [0.1, 0.15) is 6.54 Å². The van der Waals surface area contributed by atoms with Crippen molar-refractivity contribution < 1.29 is 18.0 Å².